The van der Waals surface area contributed by atoms with E-state index in [1.807, 2.05) is 0 Å². The van der Waals surface area contributed by atoms with Crippen molar-refractivity contribution in [3.63, 3.8) is 0 Å². The van der Waals surface area contributed by atoms with E-state index >= 15 is 0 Å². The second kappa shape index (κ2) is 8.08. The van der Waals surface area contributed by atoms with Crippen LogP contribution in [0.5, 0.6) is 0 Å². The van der Waals surface area contributed by atoms with Crippen molar-refractivity contribution in [1.29, 1.82) is 0 Å². The van der Waals surface area contributed by atoms with E-state index < -0.39 is 0 Å². The van der Waals surface area contributed by atoms with Gasteiger partial charge in [0.2, 0.25) is 0 Å². The third-order valence-corrected chi connectivity index (χ3v) is 2.56. The summed E-state index contributed by atoms with van der Waals surface area (Å²) in [5, 5.41) is 3.02. The van der Waals surface area contributed by atoms with Crippen LogP contribution in [0.1, 0.15) is 16.8 Å². The lowest BCUT2D eigenvalue weighted by atomic mass is 10.2. The van der Waals surface area contributed by atoms with Gasteiger partial charge in [0.1, 0.15) is 10.3 Å². The Morgan fingerprint density at radius 2 is 2.22 bits per heavy atom. The molecule has 18 heavy (non-hydrogen) atoms. The predicted molar refractivity (Wildman–Crippen MR) is 72.2 cm³/mol. The Bertz CT molecular complexity index is 425. The lowest BCUT2D eigenvalue weighted by Crippen LogP contribution is -2.27. The Morgan fingerprint density at radius 3 is 2.89 bits per heavy atom. The smallest absolute Gasteiger partial charge is 0.254 e. The molecule has 0 aliphatic rings. The fourth-order valence-electron chi connectivity index (χ4n) is 1.18. The van der Waals surface area contributed by atoms with Crippen LogP contribution in [0.2, 0.25) is 10.3 Å². The first-order chi connectivity index (χ1) is 8.65. The first-order valence-electron chi connectivity index (χ1n) is 5.44. The highest BCUT2D eigenvalue weighted by Crippen LogP contribution is 2.16. The van der Waals surface area contributed by atoms with Crippen LogP contribution in [0.4, 0.5) is 0 Å². The molecule has 1 N–H and O–H groups in total. The Kier molecular flexibility index (Phi) is 6.72. The van der Waals surface area contributed by atoms with E-state index in [0.717, 1.165) is 6.42 Å². The van der Waals surface area contributed by atoms with Gasteiger partial charge in [-0.2, -0.15) is 0 Å². The number of nitrogens with one attached hydrogen (secondary N) is 1. The van der Waals surface area contributed by atoms with Gasteiger partial charge in [0.05, 0.1) is 18.8 Å². The molecule has 0 fully saturated rings. The number of rotatable bonds is 7. The standard InChI is InChI=1S/C12H14Cl2N2O2/c1-2-3-7-18-8-6-15-12(17)9-4-5-10(13)16-11(9)14/h2,4-5H,1,3,6-8H2,(H,15,17). The molecule has 1 rings (SSSR count). The summed E-state index contributed by atoms with van der Waals surface area (Å²) in [5.74, 6) is -0.295. The Hall–Kier alpha value is -1.10. The van der Waals surface area contributed by atoms with Crippen LogP contribution < -0.4 is 5.32 Å². The molecule has 0 bridgehead atoms. The summed E-state index contributed by atoms with van der Waals surface area (Å²) in [6.07, 6.45) is 2.57. The van der Waals surface area contributed by atoms with Crippen molar-refractivity contribution >= 4 is 29.1 Å². The molecule has 1 heterocycles. The number of ether oxygens (including phenoxy) is 1. The number of nitrogens with zero attached hydrogens (tertiary/aromatic N) is 1. The van der Waals surface area contributed by atoms with E-state index in [1.54, 1.807) is 6.08 Å². The van der Waals surface area contributed by atoms with E-state index in [4.69, 9.17) is 27.9 Å². The highest BCUT2D eigenvalue weighted by Gasteiger charge is 2.10. The fraction of sp³-hybridized carbons (Fsp3) is 0.333. The summed E-state index contributed by atoms with van der Waals surface area (Å²) >= 11 is 11.4. The zero-order valence-electron chi connectivity index (χ0n) is 9.79. The van der Waals surface area contributed by atoms with E-state index in [0.29, 0.717) is 25.3 Å². The second-order valence-electron chi connectivity index (χ2n) is 3.42. The molecule has 98 valence electrons. The zero-order chi connectivity index (χ0) is 13.4. The highest BCUT2D eigenvalue weighted by atomic mass is 35.5. The minimum absolute atomic E-state index is 0.0903. The van der Waals surface area contributed by atoms with Gasteiger partial charge in [0.25, 0.3) is 5.91 Å². The maximum Gasteiger partial charge on any atom is 0.254 e. The summed E-state index contributed by atoms with van der Waals surface area (Å²) < 4.78 is 5.25. The van der Waals surface area contributed by atoms with Crippen molar-refractivity contribution < 1.29 is 9.53 Å². The van der Waals surface area contributed by atoms with Gasteiger partial charge in [-0.3, -0.25) is 4.79 Å². The van der Waals surface area contributed by atoms with Crippen molar-refractivity contribution in [2.45, 2.75) is 6.42 Å². The molecule has 0 aromatic carbocycles. The van der Waals surface area contributed by atoms with Crippen LogP contribution >= 0.6 is 23.2 Å². The van der Waals surface area contributed by atoms with Crippen molar-refractivity contribution in [2.75, 3.05) is 19.8 Å². The summed E-state index contributed by atoms with van der Waals surface area (Å²) in [7, 11) is 0. The molecule has 6 heteroatoms. The number of hydrogen-bond donors (Lipinski definition) is 1. The average Bonchev–Trinajstić information content (AvgIpc) is 2.33. The van der Waals surface area contributed by atoms with Crippen LogP contribution in [-0.2, 0) is 4.74 Å². The van der Waals surface area contributed by atoms with Crippen molar-refractivity contribution in [2.24, 2.45) is 0 Å². The van der Waals surface area contributed by atoms with Gasteiger partial charge in [-0.15, -0.1) is 6.58 Å². The molecule has 1 amide bonds. The third kappa shape index (κ3) is 5.04. The second-order valence-corrected chi connectivity index (χ2v) is 4.16. The van der Waals surface area contributed by atoms with Crippen molar-refractivity contribution in [1.82, 2.24) is 10.3 Å². The van der Waals surface area contributed by atoms with Gasteiger partial charge < -0.3 is 10.1 Å². The van der Waals surface area contributed by atoms with E-state index in [2.05, 4.69) is 16.9 Å². The SMILES string of the molecule is C=CCCOCCNC(=O)c1ccc(Cl)nc1Cl. The monoisotopic (exact) mass is 288 g/mol. The minimum atomic E-state index is -0.295. The van der Waals surface area contributed by atoms with Crippen molar-refractivity contribution in [3.05, 3.63) is 40.7 Å². The van der Waals surface area contributed by atoms with E-state index in [9.17, 15) is 4.79 Å². The lowest BCUT2D eigenvalue weighted by molar-refractivity contribution is 0.0917. The highest BCUT2D eigenvalue weighted by molar-refractivity contribution is 6.34. The van der Waals surface area contributed by atoms with Gasteiger partial charge in [-0.25, -0.2) is 4.98 Å². The zero-order valence-corrected chi connectivity index (χ0v) is 11.3. The predicted octanol–water partition coefficient (Wildman–Crippen LogP) is 2.71. The van der Waals surface area contributed by atoms with Crippen LogP contribution in [0.15, 0.2) is 24.8 Å². The molecule has 0 radical (unpaired) electrons. The normalized spacial score (nSPS) is 10.1. The third-order valence-electron chi connectivity index (χ3n) is 2.06. The number of carbonyl (C=O) groups excluding carboxylic acids is 1. The van der Waals surface area contributed by atoms with Crippen LogP contribution in [-0.4, -0.2) is 30.6 Å². The van der Waals surface area contributed by atoms with Crippen molar-refractivity contribution in [3.8, 4) is 0 Å². The quantitative estimate of drug-likeness (QED) is 0.477. The number of aromatic nitrogens is 1. The molecule has 0 saturated heterocycles. The molecular formula is C12H14Cl2N2O2. The van der Waals surface area contributed by atoms with E-state index in [-0.39, 0.29) is 16.2 Å². The molecule has 1 aromatic heterocycles. The van der Waals surface area contributed by atoms with Gasteiger partial charge in [-0.1, -0.05) is 29.3 Å². The maximum absolute atomic E-state index is 11.7. The molecule has 0 atom stereocenters. The molecule has 1 aromatic rings. The number of amides is 1. The first-order valence-corrected chi connectivity index (χ1v) is 6.19. The average molecular weight is 289 g/mol. The molecular weight excluding hydrogens is 275 g/mol. The summed E-state index contributed by atoms with van der Waals surface area (Å²) in [5.41, 5.74) is 0.298. The number of hydrogen-bond acceptors (Lipinski definition) is 3. The number of carbonyl (C=O) groups is 1. The molecule has 0 saturated carbocycles. The largest absolute Gasteiger partial charge is 0.379 e. The molecule has 0 aliphatic heterocycles. The fourth-order valence-corrected chi connectivity index (χ4v) is 1.61. The van der Waals surface area contributed by atoms with Crippen LogP contribution in [0, 0.1) is 0 Å². The van der Waals surface area contributed by atoms with Gasteiger partial charge in [-0.05, 0) is 18.6 Å². The summed E-state index contributed by atoms with van der Waals surface area (Å²) in [6, 6.07) is 3.05. The number of halogens is 2. The topological polar surface area (TPSA) is 51.2 Å². The van der Waals surface area contributed by atoms with Crippen LogP contribution in [0.25, 0.3) is 0 Å². The van der Waals surface area contributed by atoms with E-state index in [1.165, 1.54) is 12.1 Å². The van der Waals surface area contributed by atoms with Gasteiger partial charge in [0, 0.05) is 6.54 Å². The number of pyridine rings is 1. The Morgan fingerprint density at radius 1 is 1.44 bits per heavy atom. The summed E-state index contributed by atoms with van der Waals surface area (Å²) in [4.78, 5) is 15.5. The van der Waals surface area contributed by atoms with Gasteiger partial charge in [0.15, 0.2) is 0 Å². The Balaban J connectivity index is 2.34. The molecule has 0 aliphatic carbocycles. The molecule has 4 nitrogen and oxygen atoms in total. The van der Waals surface area contributed by atoms with Crippen LogP contribution in [0.3, 0.4) is 0 Å². The Labute approximate surface area is 116 Å². The lowest BCUT2D eigenvalue weighted by Gasteiger charge is -2.06. The molecule has 0 spiro atoms. The maximum atomic E-state index is 11.7. The minimum Gasteiger partial charge on any atom is -0.379 e. The van der Waals surface area contributed by atoms with Gasteiger partial charge >= 0.3 is 0 Å². The summed E-state index contributed by atoms with van der Waals surface area (Å²) in [6.45, 7) is 5.04. The first kappa shape index (κ1) is 15.0. The molecule has 0 unspecified atom stereocenters.